The number of aromatic nitrogens is 4. The Morgan fingerprint density at radius 1 is 0.943 bits per heavy atom. The highest BCUT2D eigenvalue weighted by Crippen LogP contribution is 2.25. The number of anilines is 1. The molecule has 0 aliphatic carbocycles. The van der Waals surface area contributed by atoms with Gasteiger partial charge in [0.1, 0.15) is 5.69 Å². The standard InChI is InChI=1S/C25H31N7O3/c1-3-32-13-10-21(27-32)24(33)30-14-16-31(17-15-30)25(34)23-26-22(28-35-23)19-4-6-20(7-5-19)29-11-8-18(2)9-12-29/h4-7,10,13,18H,3,8-9,11-12,14-17H2,1-2H3. The minimum atomic E-state index is -0.315. The number of hydrogen-bond acceptors (Lipinski definition) is 7. The number of carbonyl (C=O) groups excluding carboxylic acids is 2. The zero-order chi connectivity index (χ0) is 24.4. The van der Waals surface area contributed by atoms with Crippen LogP contribution in [0.4, 0.5) is 5.69 Å². The largest absolute Gasteiger partial charge is 0.372 e. The molecule has 2 aliphatic heterocycles. The molecule has 2 saturated heterocycles. The topological polar surface area (TPSA) is 101 Å². The van der Waals surface area contributed by atoms with Gasteiger partial charge >= 0.3 is 11.8 Å². The number of aryl methyl sites for hydroxylation is 1. The molecule has 4 heterocycles. The van der Waals surface area contributed by atoms with Gasteiger partial charge in [-0.15, -0.1) is 0 Å². The summed E-state index contributed by atoms with van der Waals surface area (Å²) >= 11 is 0. The van der Waals surface area contributed by atoms with Crippen molar-refractivity contribution in [2.75, 3.05) is 44.2 Å². The van der Waals surface area contributed by atoms with Gasteiger partial charge in [-0.2, -0.15) is 10.1 Å². The fourth-order valence-corrected chi connectivity index (χ4v) is 4.58. The molecule has 2 amide bonds. The second kappa shape index (κ2) is 9.89. The third-order valence-electron chi connectivity index (χ3n) is 6.92. The second-order valence-corrected chi connectivity index (χ2v) is 9.28. The van der Waals surface area contributed by atoms with Crippen LogP contribution in [0.3, 0.4) is 0 Å². The first-order valence-electron chi connectivity index (χ1n) is 12.3. The Kier molecular flexibility index (Phi) is 6.52. The number of rotatable bonds is 5. The average Bonchev–Trinajstić information content (AvgIpc) is 3.59. The lowest BCUT2D eigenvalue weighted by Crippen LogP contribution is -2.50. The quantitative estimate of drug-likeness (QED) is 0.557. The minimum absolute atomic E-state index is 0.0319. The molecule has 184 valence electrons. The number of hydrogen-bond donors (Lipinski definition) is 0. The van der Waals surface area contributed by atoms with Gasteiger partial charge in [-0.3, -0.25) is 14.3 Å². The van der Waals surface area contributed by atoms with Crippen LogP contribution < -0.4 is 4.90 Å². The van der Waals surface area contributed by atoms with Crippen LogP contribution in [-0.4, -0.2) is 80.8 Å². The summed E-state index contributed by atoms with van der Waals surface area (Å²) in [5, 5.41) is 8.31. The molecule has 0 radical (unpaired) electrons. The lowest BCUT2D eigenvalue weighted by atomic mass is 9.98. The number of piperazine rings is 1. The first-order chi connectivity index (χ1) is 17.0. The highest BCUT2D eigenvalue weighted by atomic mass is 16.5. The summed E-state index contributed by atoms with van der Waals surface area (Å²) < 4.78 is 7.02. The molecule has 0 atom stereocenters. The Hall–Kier alpha value is -3.69. The van der Waals surface area contributed by atoms with Gasteiger partial charge < -0.3 is 19.2 Å². The molecule has 2 fully saturated rings. The highest BCUT2D eigenvalue weighted by molar-refractivity contribution is 5.93. The van der Waals surface area contributed by atoms with Gasteiger partial charge in [0.05, 0.1) is 0 Å². The molecule has 0 bridgehead atoms. The second-order valence-electron chi connectivity index (χ2n) is 9.28. The average molecular weight is 478 g/mol. The normalized spacial score (nSPS) is 17.1. The summed E-state index contributed by atoms with van der Waals surface area (Å²) in [5.41, 5.74) is 2.42. The molecule has 10 nitrogen and oxygen atoms in total. The minimum Gasteiger partial charge on any atom is -0.372 e. The van der Waals surface area contributed by atoms with Gasteiger partial charge in [-0.05, 0) is 56.0 Å². The Morgan fingerprint density at radius 2 is 1.60 bits per heavy atom. The zero-order valence-corrected chi connectivity index (χ0v) is 20.3. The third kappa shape index (κ3) is 4.91. The van der Waals surface area contributed by atoms with Crippen LogP contribution in [0.25, 0.3) is 11.4 Å². The van der Waals surface area contributed by atoms with Gasteiger partial charge in [0.15, 0.2) is 0 Å². The predicted octanol–water partition coefficient (Wildman–Crippen LogP) is 2.79. The van der Waals surface area contributed by atoms with Gasteiger partial charge in [0.2, 0.25) is 5.82 Å². The number of carbonyl (C=O) groups is 2. The first kappa shape index (κ1) is 23.1. The van der Waals surface area contributed by atoms with Crippen molar-refractivity contribution in [3.8, 4) is 11.4 Å². The molecule has 35 heavy (non-hydrogen) atoms. The molecule has 0 spiro atoms. The van der Waals surface area contributed by atoms with Crippen molar-refractivity contribution >= 4 is 17.5 Å². The van der Waals surface area contributed by atoms with E-state index in [-0.39, 0.29) is 17.7 Å². The van der Waals surface area contributed by atoms with Crippen molar-refractivity contribution in [3.63, 3.8) is 0 Å². The van der Waals surface area contributed by atoms with Crippen molar-refractivity contribution in [3.05, 3.63) is 48.1 Å². The summed E-state index contributed by atoms with van der Waals surface area (Å²) in [5.74, 6) is 0.718. The van der Waals surface area contributed by atoms with Gasteiger partial charge in [-0.25, -0.2) is 0 Å². The molecule has 10 heteroatoms. The summed E-state index contributed by atoms with van der Waals surface area (Å²) in [6.45, 7) is 8.80. The first-order valence-corrected chi connectivity index (χ1v) is 12.3. The van der Waals surface area contributed by atoms with Crippen LogP contribution in [0.5, 0.6) is 0 Å². The molecular formula is C25H31N7O3. The van der Waals surface area contributed by atoms with E-state index in [0.29, 0.717) is 44.2 Å². The van der Waals surface area contributed by atoms with Crippen molar-refractivity contribution in [2.45, 2.75) is 33.2 Å². The summed E-state index contributed by atoms with van der Waals surface area (Å²) in [4.78, 5) is 35.7. The molecule has 0 unspecified atom stereocenters. The third-order valence-corrected chi connectivity index (χ3v) is 6.92. The van der Waals surface area contributed by atoms with Gasteiger partial charge in [0, 0.05) is 63.3 Å². The van der Waals surface area contributed by atoms with E-state index in [9.17, 15) is 9.59 Å². The van der Waals surface area contributed by atoms with Crippen molar-refractivity contribution in [1.29, 1.82) is 0 Å². The fourth-order valence-electron chi connectivity index (χ4n) is 4.58. The van der Waals surface area contributed by atoms with E-state index >= 15 is 0 Å². The van der Waals surface area contributed by atoms with E-state index in [1.807, 2.05) is 19.1 Å². The lowest BCUT2D eigenvalue weighted by Gasteiger charge is -2.33. The molecule has 3 aromatic rings. The van der Waals surface area contributed by atoms with Crippen LogP contribution in [0, 0.1) is 5.92 Å². The summed E-state index contributed by atoms with van der Waals surface area (Å²) in [6.07, 6.45) is 4.22. The van der Waals surface area contributed by atoms with Crippen molar-refractivity contribution < 1.29 is 14.1 Å². The number of benzene rings is 1. The smallest absolute Gasteiger partial charge is 0.316 e. The summed E-state index contributed by atoms with van der Waals surface area (Å²) in [7, 11) is 0. The van der Waals surface area contributed by atoms with Crippen LogP contribution in [-0.2, 0) is 6.54 Å². The lowest BCUT2D eigenvalue weighted by molar-refractivity contribution is 0.0505. The van der Waals surface area contributed by atoms with Crippen molar-refractivity contribution in [1.82, 2.24) is 29.7 Å². The van der Waals surface area contributed by atoms with E-state index in [2.05, 4.69) is 39.2 Å². The monoisotopic (exact) mass is 477 g/mol. The Labute approximate surface area is 204 Å². The molecule has 0 N–H and O–H groups in total. The molecule has 0 saturated carbocycles. The van der Waals surface area contributed by atoms with Crippen LogP contribution in [0.1, 0.15) is 47.9 Å². The number of nitrogens with zero attached hydrogens (tertiary/aromatic N) is 7. The molecule has 2 aliphatic rings. The van der Waals surface area contributed by atoms with Crippen molar-refractivity contribution in [2.24, 2.45) is 5.92 Å². The molecule has 1 aromatic carbocycles. The van der Waals surface area contributed by atoms with Crippen LogP contribution in [0.2, 0.25) is 0 Å². The van der Waals surface area contributed by atoms with E-state index in [1.54, 1.807) is 26.7 Å². The zero-order valence-electron chi connectivity index (χ0n) is 20.3. The SMILES string of the molecule is CCn1ccc(C(=O)N2CCN(C(=O)c3nc(-c4ccc(N5CCC(C)CC5)cc4)no3)CC2)n1. The van der Waals surface area contributed by atoms with E-state index in [4.69, 9.17) is 4.52 Å². The highest BCUT2D eigenvalue weighted by Gasteiger charge is 2.29. The maximum Gasteiger partial charge on any atom is 0.316 e. The maximum atomic E-state index is 12.9. The van der Waals surface area contributed by atoms with Crippen LogP contribution >= 0.6 is 0 Å². The maximum absolute atomic E-state index is 12.9. The Morgan fingerprint density at radius 3 is 2.23 bits per heavy atom. The molecular weight excluding hydrogens is 446 g/mol. The number of amides is 2. The van der Waals surface area contributed by atoms with E-state index in [0.717, 1.165) is 24.6 Å². The number of piperidine rings is 1. The molecule has 2 aromatic heterocycles. The Bertz CT molecular complexity index is 1170. The van der Waals surface area contributed by atoms with Crippen LogP contribution in [0.15, 0.2) is 41.1 Å². The van der Waals surface area contributed by atoms with Gasteiger partial charge in [-0.1, -0.05) is 12.1 Å². The Balaban J connectivity index is 1.18. The molecule has 5 rings (SSSR count). The fraction of sp³-hybridized carbons (Fsp3) is 0.480. The predicted molar refractivity (Wildman–Crippen MR) is 130 cm³/mol. The van der Waals surface area contributed by atoms with E-state index in [1.165, 1.54) is 18.5 Å². The summed E-state index contributed by atoms with van der Waals surface area (Å²) in [6, 6.07) is 9.81. The van der Waals surface area contributed by atoms with Gasteiger partial charge in [0.25, 0.3) is 5.91 Å². The van der Waals surface area contributed by atoms with E-state index < -0.39 is 0 Å².